The van der Waals surface area contributed by atoms with Crippen LogP contribution >= 0.6 is 0 Å². The van der Waals surface area contributed by atoms with Crippen LogP contribution in [0.3, 0.4) is 0 Å². The van der Waals surface area contributed by atoms with Crippen molar-refractivity contribution in [3.05, 3.63) is 6.33 Å². The normalized spacial score (nSPS) is 24.1. The van der Waals surface area contributed by atoms with E-state index in [1.54, 1.807) is 0 Å². The number of hydrogen-bond acceptors (Lipinski definition) is 8. The van der Waals surface area contributed by atoms with Crippen LogP contribution in [0.5, 0.6) is 5.88 Å². The lowest BCUT2D eigenvalue weighted by Gasteiger charge is -2.36. The maximum absolute atomic E-state index is 12.0. The molecule has 0 aromatic carbocycles. The summed E-state index contributed by atoms with van der Waals surface area (Å²) in [4.78, 5) is 28.7. The number of carboxylic acid groups (broad SMARTS) is 1. The number of aromatic nitrogens is 4. The van der Waals surface area contributed by atoms with Gasteiger partial charge in [-0.25, -0.2) is 23.2 Å². The molecule has 33 heavy (non-hydrogen) atoms. The fraction of sp³-hybridized carbons (Fsp3) is 0.714. The van der Waals surface area contributed by atoms with Crippen LogP contribution in [0.1, 0.15) is 40.5 Å². The molecule has 11 nitrogen and oxygen atoms in total. The zero-order valence-corrected chi connectivity index (χ0v) is 20.5. The average Bonchev–Trinajstić information content (AvgIpc) is 3.43. The lowest BCUT2D eigenvalue weighted by Crippen LogP contribution is -2.48. The third kappa shape index (κ3) is 4.32. The second kappa shape index (κ2) is 8.30. The summed E-state index contributed by atoms with van der Waals surface area (Å²) in [5.74, 6) is 0.966. The van der Waals surface area contributed by atoms with Crippen molar-refractivity contribution < 1.29 is 23.1 Å². The molecule has 12 heteroatoms. The zero-order chi connectivity index (χ0) is 24.1. The molecule has 0 bridgehead atoms. The van der Waals surface area contributed by atoms with Gasteiger partial charge in [0.15, 0.2) is 21.0 Å². The van der Waals surface area contributed by atoms with Crippen molar-refractivity contribution in [2.24, 2.45) is 5.41 Å². The number of carbonyl (C=O) groups is 1. The third-order valence-electron chi connectivity index (χ3n) is 6.57. The van der Waals surface area contributed by atoms with Gasteiger partial charge in [0, 0.05) is 38.9 Å². The molecule has 2 aliphatic heterocycles. The highest BCUT2D eigenvalue weighted by molar-refractivity contribution is 7.91. The van der Waals surface area contributed by atoms with Gasteiger partial charge in [0.05, 0.1) is 11.3 Å². The number of amides is 1. The molecule has 4 heterocycles. The van der Waals surface area contributed by atoms with Gasteiger partial charge in [0.2, 0.25) is 11.8 Å². The minimum absolute atomic E-state index is 0.318. The van der Waals surface area contributed by atoms with Gasteiger partial charge in [-0.05, 0) is 18.8 Å². The monoisotopic (exact) mass is 480 g/mol. The van der Waals surface area contributed by atoms with Gasteiger partial charge < -0.3 is 19.6 Å². The topological polar surface area (TPSA) is 131 Å². The summed E-state index contributed by atoms with van der Waals surface area (Å²) in [5.41, 5.74) is 0.787. The summed E-state index contributed by atoms with van der Waals surface area (Å²) >= 11 is 0. The first-order chi connectivity index (χ1) is 15.4. The summed E-state index contributed by atoms with van der Waals surface area (Å²) in [5, 5.41) is 9.24. The quantitative estimate of drug-likeness (QED) is 0.683. The Labute approximate surface area is 193 Å². The molecule has 2 saturated heterocycles. The molecular formula is C21H32N6O5S. The van der Waals surface area contributed by atoms with Crippen molar-refractivity contribution in [2.75, 3.05) is 30.8 Å². The van der Waals surface area contributed by atoms with Gasteiger partial charge in [-0.15, -0.1) is 0 Å². The molecule has 4 rings (SSSR count). The molecule has 2 aliphatic rings. The Morgan fingerprint density at radius 1 is 1.24 bits per heavy atom. The van der Waals surface area contributed by atoms with Crippen LogP contribution in [0.4, 0.5) is 10.7 Å². The highest BCUT2D eigenvalue weighted by atomic mass is 32.2. The van der Waals surface area contributed by atoms with Gasteiger partial charge in [-0.2, -0.15) is 4.98 Å². The third-order valence-corrected chi connectivity index (χ3v) is 8.16. The van der Waals surface area contributed by atoms with Crippen LogP contribution in [0, 0.1) is 5.41 Å². The summed E-state index contributed by atoms with van der Waals surface area (Å²) in [6.45, 7) is 9.95. The zero-order valence-electron chi connectivity index (χ0n) is 19.7. The molecule has 3 unspecified atom stereocenters. The van der Waals surface area contributed by atoms with Crippen LogP contribution in [-0.2, 0) is 16.4 Å². The van der Waals surface area contributed by atoms with E-state index >= 15 is 0 Å². The fourth-order valence-electron chi connectivity index (χ4n) is 5.05. The molecule has 3 atom stereocenters. The first-order valence-electron chi connectivity index (χ1n) is 11.2. The largest absolute Gasteiger partial charge is 0.470 e. The van der Waals surface area contributed by atoms with E-state index in [0.29, 0.717) is 62.0 Å². The number of anilines is 1. The van der Waals surface area contributed by atoms with E-state index in [-0.39, 0.29) is 17.6 Å². The van der Waals surface area contributed by atoms with Gasteiger partial charge in [-0.3, -0.25) is 4.57 Å². The second-order valence-electron chi connectivity index (χ2n) is 9.93. The van der Waals surface area contributed by atoms with E-state index in [0.717, 1.165) is 0 Å². The van der Waals surface area contributed by atoms with Gasteiger partial charge in [0.25, 0.3) is 0 Å². The van der Waals surface area contributed by atoms with Crippen LogP contribution in [0.15, 0.2) is 6.33 Å². The molecule has 1 amide bonds. The van der Waals surface area contributed by atoms with E-state index in [1.165, 1.54) is 17.5 Å². The number of sulfone groups is 1. The van der Waals surface area contributed by atoms with Crippen molar-refractivity contribution in [3.63, 3.8) is 0 Å². The molecule has 2 aromatic rings. The Morgan fingerprint density at radius 3 is 2.55 bits per heavy atom. The molecule has 0 radical (unpaired) electrons. The van der Waals surface area contributed by atoms with Gasteiger partial charge >= 0.3 is 6.09 Å². The Hall–Kier alpha value is -2.63. The first-order valence-corrected chi connectivity index (χ1v) is 13.2. The number of likely N-dealkylation sites (tertiary alicyclic amines) is 1. The lowest BCUT2D eigenvalue weighted by molar-refractivity contribution is 0.0558. The summed E-state index contributed by atoms with van der Waals surface area (Å²) < 4.78 is 32.3. The smallest absolute Gasteiger partial charge is 0.407 e. The molecule has 2 fully saturated rings. The van der Waals surface area contributed by atoms with Crippen molar-refractivity contribution >= 4 is 33.0 Å². The Bertz CT molecular complexity index is 1160. The van der Waals surface area contributed by atoms with Crippen LogP contribution < -0.4 is 9.64 Å². The molecule has 1 N–H and O–H groups in total. The predicted molar refractivity (Wildman–Crippen MR) is 123 cm³/mol. The number of ether oxygens (including phenoxy) is 1. The van der Waals surface area contributed by atoms with E-state index in [9.17, 15) is 18.3 Å². The Balaban J connectivity index is 1.68. The van der Waals surface area contributed by atoms with Crippen molar-refractivity contribution in [1.82, 2.24) is 24.4 Å². The second-order valence-corrected chi connectivity index (χ2v) is 12.3. The highest BCUT2D eigenvalue weighted by Crippen LogP contribution is 2.37. The maximum atomic E-state index is 12.0. The number of fused-ring (bicyclic) bond motifs is 1. The minimum atomic E-state index is -3.13. The van der Waals surface area contributed by atoms with Crippen molar-refractivity contribution in [2.45, 2.75) is 64.5 Å². The number of aryl methyl sites for hydroxylation is 1. The molecule has 0 saturated carbocycles. The van der Waals surface area contributed by atoms with E-state index in [1.807, 2.05) is 37.2 Å². The van der Waals surface area contributed by atoms with Crippen LogP contribution in [0.25, 0.3) is 11.2 Å². The van der Waals surface area contributed by atoms with Crippen molar-refractivity contribution in [3.8, 4) is 5.88 Å². The van der Waals surface area contributed by atoms with E-state index in [4.69, 9.17) is 9.72 Å². The molecule has 2 aromatic heterocycles. The lowest BCUT2D eigenvalue weighted by atomic mass is 9.84. The Morgan fingerprint density at radius 2 is 1.97 bits per heavy atom. The molecule has 182 valence electrons. The average molecular weight is 481 g/mol. The number of imidazole rings is 1. The van der Waals surface area contributed by atoms with E-state index < -0.39 is 21.2 Å². The van der Waals surface area contributed by atoms with E-state index in [2.05, 4.69) is 9.97 Å². The molecular weight excluding hydrogens is 448 g/mol. The van der Waals surface area contributed by atoms with Crippen molar-refractivity contribution in [1.29, 1.82) is 0 Å². The maximum Gasteiger partial charge on any atom is 0.407 e. The van der Waals surface area contributed by atoms with Crippen LogP contribution in [-0.4, -0.2) is 87.3 Å². The number of nitrogens with zero attached hydrogens (tertiary/aromatic N) is 6. The highest BCUT2D eigenvalue weighted by Gasteiger charge is 2.46. The number of rotatable bonds is 5. The SMILES string of the molecule is CCn1c(N2CCC(S(C)(=O)=O)C2)nc2c(OC3CCN(C(=O)O)C3C(C)(C)C)ncnc21. The van der Waals surface area contributed by atoms with Crippen LogP contribution in [0.2, 0.25) is 0 Å². The molecule has 0 aliphatic carbocycles. The standard InChI is InChI=1S/C21H32N6O5S/c1-6-26-17-15(24-19(26)25-9-7-13(11-25)33(5,30)31)18(23-12-22-17)32-14-8-10-27(20(28)29)16(14)21(2,3)4/h12-14,16H,6-11H2,1-5H3,(H,28,29). The first kappa shape index (κ1) is 23.5. The minimum Gasteiger partial charge on any atom is -0.470 e. The fourth-order valence-corrected chi connectivity index (χ4v) is 6.04. The predicted octanol–water partition coefficient (Wildman–Crippen LogP) is 2.02. The molecule has 0 spiro atoms. The number of hydrogen-bond donors (Lipinski definition) is 1. The summed E-state index contributed by atoms with van der Waals surface area (Å²) in [6.07, 6.45) is 2.49. The Kier molecular flexibility index (Phi) is 5.92. The summed E-state index contributed by atoms with van der Waals surface area (Å²) in [7, 11) is -3.13. The van der Waals surface area contributed by atoms with Gasteiger partial charge in [-0.1, -0.05) is 20.8 Å². The van der Waals surface area contributed by atoms with Gasteiger partial charge in [0.1, 0.15) is 12.4 Å². The summed E-state index contributed by atoms with van der Waals surface area (Å²) in [6, 6.07) is -0.332.